The van der Waals surface area contributed by atoms with Gasteiger partial charge in [-0.15, -0.1) is 0 Å². The van der Waals surface area contributed by atoms with Crippen LogP contribution in [0.3, 0.4) is 0 Å². The van der Waals surface area contributed by atoms with Gasteiger partial charge >= 0.3 is 6.18 Å². The van der Waals surface area contributed by atoms with Crippen molar-refractivity contribution >= 4 is 5.69 Å². The van der Waals surface area contributed by atoms with Gasteiger partial charge in [-0.3, -0.25) is 0 Å². The molecule has 0 heterocycles. The first-order valence-corrected chi connectivity index (χ1v) is 5.60. The summed E-state index contributed by atoms with van der Waals surface area (Å²) >= 11 is 0. The van der Waals surface area contributed by atoms with Gasteiger partial charge in [0.05, 0.1) is 0 Å². The van der Waals surface area contributed by atoms with E-state index in [9.17, 15) is 17.6 Å². The fourth-order valence-electron chi connectivity index (χ4n) is 1.71. The molecule has 2 aromatic rings. The first kappa shape index (κ1) is 13.4. The van der Waals surface area contributed by atoms with E-state index in [4.69, 9.17) is 0 Å². The lowest BCUT2D eigenvalue weighted by Crippen LogP contribution is -2.27. The van der Waals surface area contributed by atoms with E-state index in [1.807, 2.05) is 0 Å². The molecule has 0 aliphatic rings. The SMILES string of the molecule is Fc1ccc(NC(c2ccccc2)C(F)(F)F)cc1. The summed E-state index contributed by atoms with van der Waals surface area (Å²) in [5.74, 6) is -0.492. The number of rotatable bonds is 3. The summed E-state index contributed by atoms with van der Waals surface area (Å²) in [6, 6.07) is 10.5. The fourth-order valence-corrected chi connectivity index (χ4v) is 1.71. The largest absolute Gasteiger partial charge is 0.412 e. The van der Waals surface area contributed by atoms with Crippen molar-refractivity contribution in [3.8, 4) is 0 Å². The topological polar surface area (TPSA) is 12.0 Å². The smallest absolute Gasteiger partial charge is 0.370 e. The monoisotopic (exact) mass is 269 g/mol. The summed E-state index contributed by atoms with van der Waals surface area (Å²) in [7, 11) is 0. The predicted octanol–water partition coefficient (Wildman–Crippen LogP) is 4.54. The van der Waals surface area contributed by atoms with Gasteiger partial charge in [-0.25, -0.2) is 4.39 Å². The summed E-state index contributed by atoms with van der Waals surface area (Å²) in [4.78, 5) is 0. The Labute approximate surface area is 107 Å². The molecule has 0 aromatic heterocycles. The van der Waals surface area contributed by atoms with Crippen LogP contribution in [0.4, 0.5) is 23.2 Å². The zero-order chi connectivity index (χ0) is 13.9. The van der Waals surface area contributed by atoms with Gasteiger partial charge in [-0.05, 0) is 29.8 Å². The van der Waals surface area contributed by atoms with Crippen LogP contribution in [0.5, 0.6) is 0 Å². The van der Waals surface area contributed by atoms with E-state index in [-0.39, 0.29) is 11.3 Å². The Morgan fingerprint density at radius 2 is 1.42 bits per heavy atom. The average Bonchev–Trinajstić information content (AvgIpc) is 2.37. The molecule has 2 aromatic carbocycles. The third kappa shape index (κ3) is 3.47. The second kappa shape index (κ2) is 5.30. The molecule has 0 radical (unpaired) electrons. The molecule has 1 atom stereocenters. The Bertz CT molecular complexity index is 519. The number of alkyl halides is 3. The van der Waals surface area contributed by atoms with E-state index in [1.54, 1.807) is 18.2 Å². The second-order valence-electron chi connectivity index (χ2n) is 4.04. The molecule has 0 fully saturated rings. The quantitative estimate of drug-likeness (QED) is 0.806. The average molecular weight is 269 g/mol. The molecule has 1 nitrogen and oxygen atoms in total. The molecule has 2 rings (SSSR count). The third-order valence-corrected chi connectivity index (χ3v) is 2.62. The minimum atomic E-state index is -4.43. The molecule has 5 heteroatoms. The highest BCUT2D eigenvalue weighted by atomic mass is 19.4. The lowest BCUT2D eigenvalue weighted by atomic mass is 10.1. The van der Waals surface area contributed by atoms with Crippen LogP contribution in [0.1, 0.15) is 11.6 Å². The number of nitrogens with one attached hydrogen (secondary N) is 1. The van der Waals surface area contributed by atoms with Gasteiger partial charge in [0.1, 0.15) is 11.9 Å². The van der Waals surface area contributed by atoms with Crippen LogP contribution in [0.2, 0.25) is 0 Å². The molecule has 1 N–H and O–H groups in total. The van der Waals surface area contributed by atoms with E-state index in [2.05, 4.69) is 5.32 Å². The minimum Gasteiger partial charge on any atom is -0.370 e. The van der Waals surface area contributed by atoms with E-state index in [1.165, 1.54) is 24.3 Å². The van der Waals surface area contributed by atoms with Crippen LogP contribution in [-0.2, 0) is 0 Å². The Hall–Kier alpha value is -2.04. The van der Waals surface area contributed by atoms with Gasteiger partial charge in [0.25, 0.3) is 0 Å². The van der Waals surface area contributed by atoms with E-state index >= 15 is 0 Å². The van der Waals surface area contributed by atoms with Crippen molar-refractivity contribution in [1.29, 1.82) is 0 Å². The molecule has 100 valence electrons. The maximum absolute atomic E-state index is 13.0. The zero-order valence-electron chi connectivity index (χ0n) is 9.79. The standard InChI is InChI=1S/C14H11F4N/c15-11-6-8-12(9-7-11)19-13(14(16,17)18)10-4-2-1-3-5-10/h1-9,13,19H. The molecule has 0 amide bonds. The Morgan fingerprint density at radius 1 is 0.842 bits per heavy atom. The molecular formula is C14H11F4N. The zero-order valence-corrected chi connectivity index (χ0v) is 9.79. The lowest BCUT2D eigenvalue weighted by Gasteiger charge is -2.23. The summed E-state index contributed by atoms with van der Waals surface area (Å²) in [6.07, 6.45) is -4.43. The fraction of sp³-hybridized carbons (Fsp3) is 0.143. The van der Waals surface area contributed by atoms with Crippen LogP contribution in [0.25, 0.3) is 0 Å². The summed E-state index contributed by atoms with van der Waals surface area (Å²) < 4.78 is 51.8. The molecule has 0 aliphatic heterocycles. The van der Waals surface area contributed by atoms with Crippen molar-refractivity contribution in [2.75, 3.05) is 5.32 Å². The molecule has 0 bridgehead atoms. The maximum atomic E-state index is 13.0. The number of hydrogen-bond donors (Lipinski definition) is 1. The number of anilines is 1. The van der Waals surface area contributed by atoms with Crippen LogP contribution < -0.4 is 5.32 Å². The van der Waals surface area contributed by atoms with Gasteiger partial charge in [-0.1, -0.05) is 30.3 Å². The second-order valence-corrected chi connectivity index (χ2v) is 4.04. The lowest BCUT2D eigenvalue weighted by molar-refractivity contribution is -0.144. The van der Waals surface area contributed by atoms with Crippen molar-refractivity contribution in [3.63, 3.8) is 0 Å². The minimum absolute atomic E-state index is 0.110. The summed E-state index contributed by atoms with van der Waals surface area (Å²) in [5.41, 5.74) is 0.326. The molecule has 0 aliphatic carbocycles. The Morgan fingerprint density at radius 3 is 1.95 bits per heavy atom. The molecule has 0 saturated heterocycles. The van der Waals surface area contributed by atoms with Crippen LogP contribution in [0.15, 0.2) is 54.6 Å². The molecular weight excluding hydrogens is 258 g/mol. The molecule has 19 heavy (non-hydrogen) atoms. The third-order valence-electron chi connectivity index (χ3n) is 2.62. The number of hydrogen-bond acceptors (Lipinski definition) is 1. The van der Waals surface area contributed by atoms with Gasteiger partial charge in [0, 0.05) is 5.69 Å². The van der Waals surface area contributed by atoms with Crippen molar-refractivity contribution < 1.29 is 17.6 Å². The number of halogens is 4. The van der Waals surface area contributed by atoms with Gasteiger partial charge in [-0.2, -0.15) is 13.2 Å². The highest BCUT2D eigenvalue weighted by Crippen LogP contribution is 2.35. The predicted molar refractivity (Wildman–Crippen MR) is 65.3 cm³/mol. The summed E-state index contributed by atoms with van der Waals surface area (Å²) in [6.45, 7) is 0. The van der Waals surface area contributed by atoms with E-state index in [0.717, 1.165) is 12.1 Å². The van der Waals surface area contributed by atoms with Gasteiger partial charge in [0.15, 0.2) is 0 Å². The van der Waals surface area contributed by atoms with Gasteiger partial charge in [0.2, 0.25) is 0 Å². The Balaban J connectivity index is 2.27. The molecule has 1 unspecified atom stereocenters. The van der Waals surface area contributed by atoms with Crippen molar-refractivity contribution in [3.05, 3.63) is 66.0 Å². The van der Waals surface area contributed by atoms with Crippen LogP contribution in [0, 0.1) is 5.82 Å². The maximum Gasteiger partial charge on any atom is 0.412 e. The highest BCUT2D eigenvalue weighted by molar-refractivity contribution is 5.46. The number of benzene rings is 2. The van der Waals surface area contributed by atoms with Crippen LogP contribution in [-0.4, -0.2) is 6.18 Å². The first-order valence-electron chi connectivity index (χ1n) is 5.60. The van der Waals surface area contributed by atoms with Crippen molar-refractivity contribution in [1.82, 2.24) is 0 Å². The first-order chi connectivity index (χ1) is 8.97. The normalized spacial score (nSPS) is 13.1. The van der Waals surface area contributed by atoms with Crippen molar-refractivity contribution in [2.24, 2.45) is 0 Å². The van der Waals surface area contributed by atoms with Crippen molar-refractivity contribution in [2.45, 2.75) is 12.2 Å². The van der Waals surface area contributed by atoms with Crippen LogP contribution >= 0.6 is 0 Å². The van der Waals surface area contributed by atoms with Gasteiger partial charge < -0.3 is 5.32 Å². The summed E-state index contributed by atoms with van der Waals surface area (Å²) in [5, 5.41) is 2.37. The molecule has 0 spiro atoms. The highest BCUT2D eigenvalue weighted by Gasteiger charge is 2.40. The Kier molecular flexibility index (Phi) is 3.74. The molecule has 0 saturated carbocycles. The van der Waals surface area contributed by atoms with E-state index < -0.39 is 18.0 Å². The van der Waals surface area contributed by atoms with E-state index in [0.29, 0.717) is 0 Å².